The lowest BCUT2D eigenvalue weighted by molar-refractivity contribution is -0.0298. The van der Waals surface area contributed by atoms with Crippen LogP contribution in [0.1, 0.15) is 39.8 Å². The summed E-state index contributed by atoms with van der Waals surface area (Å²) >= 11 is 0. The van der Waals surface area contributed by atoms with Gasteiger partial charge in [0.05, 0.1) is 6.10 Å². The van der Waals surface area contributed by atoms with Gasteiger partial charge in [0, 0.05) is 26.7 Å². The fourth-order valence-electron chi connectivity index (χ4n) is 3.76. The van der Waals surface area contributed by atoms with Crippen LogP contribution in [0.5, 0.6) is 0 Å². The number of fused-ring (bicyclic) bond motifs is 1. The predicted octanol–water partition coefficient (Wildman–Crippen LogP) is 0.925. The second-order valence-corrected chi connectivity index (χ2v) is 9.39. The van der Waals surface area contributed by atoms with Gasteiger partial charge in [-0.2, -0.15) is 4.98 Å². The van der Waals surface area contributed by atoms with Crippen LogP contribution in [-0.4, -0.2) is 74.6 Å². The fourth-order valence-corrected chi connectivity index (χ4v) is 3.76. The number of anilines is 1. The Kier molecular flexibility index (Phi) is 8.07. The number of hydrogen-bond donors (Lipinski definition) is 3. The smallest absolute Gasteiger partial charge is 0.409 e. The number of carbonyl (C=O) groups is 2. The van der Waals surface area contributed by atoms with E-state index in [-0.39, 0.29) is 43.4 Å². The van der Waals surface area contributed by atoms with Gasteiger partial charge in [-0.1, -0.05) is 6.08 Å². The number of nitrogens with one attached hydrogen (secondary N) is 2. The molecule has 14 heteroatoms. The van der Waals surface area contributed by atoms with Gasteiger partial charge in [0.2, 0.25) is 5.95 Å². The number of likely N-dealkylation sites (N-methyl/N-ethyl adjacent to an activating group) is 1. The van der Waals surface area contributed by atoms with Crippen LogP contribution in [0.3, 0.4) is 0 Å². The van der Waals surface area contributed by atoms with Gasteiger partial charge < -0.3 is 30.2 Å². The molecule has 3 rings (SSSR count). The SMILES string of the molecule is C=CCn1c(=O)n(C2CCC(COC(=O)N(C)CCNC(=O)OC(C)(C)C)O2)c2nc(N)[nH]c(=O)c21. The molecule has 0 radical (unpaired) electrons. The van der Waals surface area contributed by atoms with E-state index < -0.39 is 41.4 Å². The van der Waals surface area contributed by atoms with Crippen molar-refractivity contribution in [2.45, 2.75) is 58.1 Å². The summed E-state index contributed by atoms with van der Waals surface area (Å²) in [5, 5.41) is 2.57. The molecular formula is C22H33N7O7. The monoisotopic (exact) mass is 507 g/mol. The van der Waals surface area contributed by atoms with Gasteiger partial charge in [0.15, 0.2) is 11.2 Å². The first-order chi connectivity index (χ1) is 16.9. The molecule has 1 saturated heterocycles. The zero-order valence-electron chi connectivity index (χ0n) is 20.9. The summed E-state index contributed by atoms with van der Waals surface area (Å²) in [5.74, 6) is -0.121. The van der Waals surface area contributed by atoms with Crippen molar-refractivity contribution < 1.29 is 23.8 Å². The number of amides is 2. The molecule has 14 nitrogen and oxygen atoms in total. The summed E-state index contributed by atoms with van der Waals surface area (Å²) in [5.41, 5.74) is 4.26. The van der Waals surface area contributed by atoms with Gasteiger partial charge in [0.25, 0.3) is 5.56 Å². The van der Waals surface area contributed by atoms with Crippen LogP contribution in [-0.2, 0) is 20.8 Å². The van der Waals surface area contributed by atoms with E-state index >= 15 is 0 Å². The number of aromatic amines is 1. The molecule has 198 valence electrons. The lowest BCUT2D eigenvalue weighted by Crippen LogP contribution is -2.39. The van der Waals surface area contributed by atoms with Crippen molar-refractivity contribution in [1.82, 2.24) is 29.3 Å². The quantitative estimate of drug-likeness (QED) is 0.439. The van der Waals surface area contributed by atoms with Crippen LogP contribution < -0.4 is 22.3 Å². The highest BCUT2D eigenvalue weighted by Gasteiger charge is 2.32. The first-order valence-corrected chi connectivity index (χ1v) is 11.5. The molecule has 0 saturated carbocycles. The Morgan fingerprint density at radius 1 is 1.36 bits per heavy atom. The van der Waals surface area contributed by atoms with E-state index in [2.05, 4.69) is 21.9 Å². The topological polar surface area (TPSA) is 176 Å². The van der Waals surface area contributed by atoms with Crippen LogP contribution in [0.2, 0.25) is 0 Å². The molecular weight excluding hydrogens is 474 g/mol. The van der Waals surface area contributed by atoms with Crippen molar-refractivity contribution in [3.63, 3.8) is 0 Å². The first kappa shape index (κ1) is 26.8. The maximum absolute atomic E-state index is 13.0. The van der Waals surface area contributed by atoms with E-state index in [1.54, 1.807) is 27.8 Å². The molecule has 2 aromatic heterocycles. The lowest BCUT2D eigenvalue weighted by Gasteiger charge is -2.21. The zero-order chi connectivity index (χ0) is 26.6. The highest BCUT2D eigenvalue weighted by Crippen LogP contribution is 2.29. The number of alkyl carbamates (subject to hydrolysis) is 1. The number of allylic oxidation sites excluding steroid dienone is 1. The first-order valence-electron chi connectivity index (χ1n) is 11.5. The molecule has 0 bridgehead atoms. The number of imidazole rings is 1. The van der Waals surface area contributed by atoms with Crippen molar-refractivity contribution in [3.8, 4) is 0 Å². The molecule has 1 aliphatic heterocycles. The number of nitrogen functional groups attached to an aromatic ring is 1. The van der Waals surface area contributed by atoms with E-state index in [1.807, 2.05) is 0 Å². The van der Waals surface area contributed by atoms with Gasteiger partial charge in [-0.05, 0) is 33.6 Å². The number of H-pyrrole nitrogens is 1. The minimum Gasteiger partial charge on any atom is -0.447 e. The zero-order valence-corrected chi connectivity index (χ0v) is 20.9. The Hall–Kier alpha value is -3.81. The Morgan fingerprint density at radius 3 is 2.75 bits per heavy atom. The minimum absolute atomic E-state index is 0.0324. The molecule has 0 aliphatic carbocycles. The van der Waals surface area contributed by atoms with Gasteiger partial charge in [-0.15, -0.1) is 6.58 Å². The van der Waals surface area contributed by atoms with Crippen molar-refractivity contribution in [2.24, 2.45) is 0 Å². The van der Waals surface area contributed by atoms with Crippen LogP contribution in [0.4, 0.5) is 15.5 Å². The number of hydrogen-bond acceptors (Lipinski definition) is 9. The van der Waals surface area contributed by atoms with Crippen LogP contribution >= 0.6 is 0 Å². The summed E-state index contributed by atoms with van der Waals surface area (Å²) in [6.07, 6.45) is 0.125. The molecule has 36 heavy (non-hydrogen) atoms. The van der Waals surface area contributed by atoms with Gasteiger partial charge in [0.1, 0.15) is 18.4 Å². The molecule has 4 N–H and O–H groups in total. The van der Waals surface area contributed by atoms with Crippen molar-refractivity contribution in [1.29, 1.82) is 0 Å². The molecule has 0 spiro atoms. The molecule has 0 aromatic carbocycles. The number of nitrogens with two attached hydrogens (primary N) is 1. The number of nitrogens with zero attached hydrogens (tertiary/aromatic N) is 4. The standard InChI is InChI=1S/C22H33N7O7/c1-6-10-28-15-16(25-18(23)26-17(15)30)29(20(28)32)14-8-7-13(35-14)12-34-21(33)27(5)11-9-24-19(31)36-22(2,3)4/h6,13-14H,1,7-12H2,2-5H3,(H,24,31)(H3,23,25,26,30). The van der Waals surface area contributed by atoms with E-state index in [0.29, 0.717) is 12.8 Å². The third kappa shape index (κ3) is 6.24. The van der Waals surface area contributed by atoms with E-state index in [9.17, 15) is 19.2 Å². The van der Waals surface area contributed by atoms with E-state index in [0.717, 1.165) is 0 Å². The summed E-state index contributed by atoms with van der Waals surface area (Å²) < 4.78 is 19.0. The van der Waals surface area contributed by atoms with Gasteiger partial charge in [-0.3, -0.25) is 14.3 Å². The van der Waals surface area contributed by atoms with Crippen molar-refractivity contribution >= 4 is 29.3 Å². The average Bonchev–Trinajstić information content (AvgIpc) is 3.33. The maximum atomic E-state index is 13.0. The van der Waals surface area contributed by atoms with Crippen molar-refractivity contribution in [2.75, 3.05) is 32.5 Å². The number of ether oxygens (including phenoxy) is 3. The normalized spacial score (nSPS) is 17.7. The molecule has 2 atom stereocenters. The third-order valence-corrected chi connectivity index (χ3v) is 5.33. The molecule has 2 unspecified atom stereocenters. The van der Waals surface area contributed by atoms with Crippen molar-refractivity contribution in [3.05, 3.63) is 33.5 Å². The molecule has 1 aliphatic rings. The Morgan fingerprint density at radius 2 is 2.08 bits per heavy atom. The summed E-state index contributed by atoms with van der Waals surface area (Å²) in [6, 6.07) is 0. The van der Waals surface area contributed by atoms with Crippen LogP contribution in [0.25, 0.3) is 11.2 Å². The molecule has 1 fully saturated rings. The summed E-state index contributed by atoms with van der Waals surface area (Å²) in [7, 11) is 1.54. The Labute approximate surface area is 207 Å². The second kappa shape index (κ2) is 10.8. The van der Waals surface area contributed by atoms with Gasteiger partial charge >= 0.3 is 17.9 Å². The van der Waals surface area contributed by atoms with E-state index in [4.69, 9.17) is 19.9 Å². The summed E-state index contributed by atoms with van der Waals surface area (Å²) in [6.45, 7) is 9.38. The average molecular weight is 508 g/mol. The second-order valence-electron chi connectivity index (χ2n) is 9.39. The number of rotatable bonds is 8. The number of carbonyl (C=O) groups excluding carboxylic acids is 2. The largest absolute Gasteiger partial charge is 0.447 e. The number of aromatic nitrogens is 4. The highest BCUT2D eigenvalue weighted by molar-refractivity contribution is 5.72. The minimum atomic E-state index is -0.709. The summed E-state index contributed by atoms with van der Waals surface area (Å²) in [4.78, 5) is 57.3. The fraction of sp³-hybridized carbons (Fsp3) is 0.591. The molecule has 2 amide bonds. The third-order valence-electron chi connectivity index (χ3n) is 5.33. The lowest BCUT2D eigenvalue weighted by atomic mass is 10.2. The van der Waals surface area contributed by atoms with E-state index in [1.165, 1.54) is 20.1 Å². The predicted molar refractivity (Wildman–Crippen MR) is 131 cm³/mol. The van der Waals surface area contributed by atoms with Gasteiger partial charge in [-0.25, -0.2) is 19.0 Å². The molecule has 2 aromatic rings. The highest BCUT2D eigenvalue weighted by atomic mass is 16.6. The van der Waals surface area contributed by atoms with Crippen LogP contribution in [0.15, 0.2) is 22.2 Å². The Bertz CT molecular complexity index is 1240. The van der Waals surface area contributed by atoms with Crippen LogP contribution in [0, 0.1) is 0 Å². The molecule has 3 heterocycles. The maximum Gasteiger partial charge on any atom is 0.409 e. The Balaban J connectivity index is 1.57.